The lowest BCUT2D eigenvalue weighted by molar-refractivity contribution is -0.138. The van der Waals surface area contributed by atoms with Crippen molar-refractivity contribution in [3.63, 3.8) is 0 Å². The summed E-state index contributed by atoms with van der Waals surface area (Å²) in [7, 11) is 0. The second-order valence-electron chi connectivity index (χ2n) is 4.10. The summed E-state index contributed by atoms with van der Waals surface area (Å²) in [6.07, 6.45) is -3.98. The molecular weight excluding hydrogens is 339 g/mol. The van der Waals surface area contributed by atoms with Gasteiger partial charge in [-0.15, -0.1) is 11.3 Å². The minimum Gasteiger partial charge on any atom is -0.324 e. The Kier molecular flexibility index (Phi) is 4.32. The SMILES string of the molecule is NC(Cc1ccc(Br)s1)c1ccccc1C(F)(F)F. The maximum atomic E-state index is 12.9. The summed E-state index contributed by atoms with van der Waals surface area (Å²) in [5.41, 5.74) is 5.41. The zero-order valence-corrected chi connectivity index (χ0v) is 12.1. The minimum absolute atomic E-state index is 0.138. The highest BCUT2D eigenvalue weighted by atomic mass is 79.9. The molecule has 2 rings (SSSR count). The van der Waals surface area contributed by atoms with E-state index < -0.39 is 17.8 Å². The monoisotopic (exact) mass is 349 g/mol. The smallest absolute Gasteiger partial charge is 0.324 e. The fourth-order valence-electron chi connectivity index (χ4n) is 1.87. The first-order valence-electron chi connectivity index (χ1n) is 5.54. The zero-order valence-electron chi connectivity index (χ0n) is 9.75. The van der Waals surface area contributed by atoms with E-state index in [4.69, 9.17) is 5.73 Å². The van der Waals surface area contributed by atoms with Gasteiger partial charge in [-0.1, -0.05) is 18.2 Å². The fraction of sp³-hybridized carbons (Fsp3) is 0.231. The summed E-state index contributed by atoms with van der Waals surface area (Å²) in [4.78, 5) is 0.955. The number of hydrogen-bond donors (Lipinski definition) is 1. The predicted molar refractivity (Wildman–Crippen MR) is 74.1 cm³/mol. The first kappa shape index (κ1) is 14.6. The van der Waals surface area contributed by atoms with E-state index >= 15 is 0 Å². The molecule has 0 saturated heterocycles. The molecule has 1 aromatic heterocycles. The number of rotatable bonds is 3. The van der Waals surface area contributed by atoms with Crippen molar-refractivity contribution >= 4 is 27.3 Å². The van der Waals surface area contributed by atoms with Gasteiger partial charge in [0.2, 0.25) is 0 Å². The van der Waals surface area contributed by atoms with Crippen LogP contribution in [-0.2, 0) is 12.6 Å². The van der Waals surface area contributed by atoms with Crippen LogP contribution in [0.25, 0.3) is 0 Å². The molecule has 0 bridgehead atoms. The molecule has 6 heteroatoms. The van der Waals surface area contributed by atoms with Crippen molar-refractivity contribution in [3.8, 4) is 0 Å². The molecule has 1 aromatic carbocycles. The Balaban J connectivity index is 2.26. The molecule has 0 fully saturated rings. The van der Waals surface area contributed by atoms with E-state index in [-0.39, 0.29) is 5.56 Å². The van der Waals surface area contributed by atoms with E-state index in [0.29, 0.717) is 6.42 Å². The van der Waals surface area contributed by atoms with Gasteiger partial charge in [0.25, 0.3) is 0 Å². The Labute approximate surface area is 121 Å². The summed E-state index contributed by atoms with van der Waals surface area (Å²) < 4.78 is 39.6. The molecule has 0 aliphatic carbocycles. The molecule has 1 atom stereocenters. The maximum Gasteiger partial charge on any atom is 0.416 e. The Morgan fingerprint density at radius 2 is 1.84 bits per heavy atom. The molecule has 2 N–H and O–H groups in total. The number of alkyl halides is 3. The van der Waals surface area contributed by atoms with E-state index in [1.165, 1.54) is 23.5 Å². The Hall–Kier alpha value is -0.850. The van der Waals surface area contributed by atoms with Crippen molar-refractivity contribution in [1.82, 2.24) is 0 Å². The third-order valence-corrected chi connectivity index (χ3v) is 4.36. The van der Waals surface area contributed by atoms with Gasteiger partial charge in [-0.25, -0.2) is 0 Å². The highest BCUT2D eigenvalue weighted by Gasteiger charge is 2.34. The lowest BCUT2D eigenvalue weighted by atomic mass is 9.98. The number of nitrogens with two attached hydrogens (primary N) is 1. The third kappa shape index (κ3) is 3.58. The van der Waals surface area contributed by atoms with E-state index in [9.17, 15) is 13.2 Å². The second kappa shape index (κ2) is 5.64. The van der Waals surface area contributed by atoms with Crippen LogP contribution in [0.2, 0.25) is 0 Å². The highest BCUT2D eigenvalue weighted by molar-refractivity contribution is 9.11. The quantitative estimate of drug-likeness (QED) is 0.848. The summed E-state index contributed by atoms with van der Waals surface area (Å²) in [6.45, 7) is 0. The number of hydrogen-bond acceptors (Lipinski definition) is 2. The summed E-state index contributed by atoms with van der Waals surface area (Å²) in [5, 5.41) is 0. The molecule has 0 amide bonds. The van der Waals surface area contributed by atoms with Crippen LogP contribution in [-0.4, -0.2) is 0 Å². The average Bonchev–Trinajstić information content (AvgIpc) is 2.73. The van der Waals surface area contributed by atoms with Crippen LogP contribution < -0.4 is 5.73 Å². The number of benzene rings is 1. The molecule has 102 valence electrons. The van der Waals surface area contributed by atoms with Crippen LogP contribution in [0.4, 0.5) is 13.2 Å². The maximum absolute atomic E-state index is 12.9. The van der Waals surface area contributed by atoms with Gasteiger partial charge in [0, 0.05) is 17.3 Å². The zero-order chi connectivity index (χ0) is 14.0. The van der Waals surface area contributed by atoms with Crippen molar-refractivity contribution in [2.24, 2.45) is 5.73 Å². The standard InChI is InChI=1S/C13H11BrF3NS/c14-12-6-5-8(19-12)7-11(18)9-3-1-2-4-10(9)13(15,16)17/h1-6,11H,7,18H2. The van der Waals surface area contributed by atoms with Crippen molar-refractivity contribution in [1.29, 1.82) is 0 Å². The first-order chi connectivity index (χ1) is 8.88. The molecule has 0 aliphatic heterocycles. The largest absolute Gasteiger partial charge is 0.416 e. The molecule has 1 heterocycles. The first-order valence-corrected chi connectivity index (χ1v) is 7.15. The Bertz CT molecular complexity index is 565. The predicted octanol–water partition coefficient (Wildman–Crippen LogP) is 4.77. The molecule has 0 saturated carbocycles. The van der Waals surface area contributed by atoms with E-state index in [1.54, 1.807) is 6.07 Å². The third-order valence-electron chi connectivity index (χ3n) is 2.72. The van der Waals surface area contributed by atoms with Crippen LogP contribution in [0.15, 0.2) is 40.2 Å². The molecule has 0 spiro atoms. The van der Waals surface area contributed by atoms with Gasteiger partial charge >= 0.3 is 6.18 Å². The summed E-state index contributed by atoms with van der Waals surface area (Å²) >= 11 is 4.80. The van der Waals surface area contributed by atoms with Gasteiger partial charge in [-0.3, -0.25) is 0 Å². The molecular formula is C13H11BrF3NS. The van der Waals surface area contributed by atoms with Gasteiger partial charge < -0.3 is 5.73 Å². The summed E-state index contributed by atoms with van der Waals surface area (Å²) in [5.74, 6) is 0. The average molecular weight is 350 g/mol. The van der Waals surface area contributed by atoms with Crippen molar-refractivity contribution in [3.05, 3.63) is 56.2 Å². The van der Waals surface area contributed by atoms with Crippen LogP contribution in [0.1, 0.15) is 22.0 Å². The minimum atomic E-state index is -4.37. The normalized spacial score (nSPS) is 13.5. The van der Waals surface area contributed by atoms with Gasteiger partial charge in [0.05, 0.1) is 9.35 Å². The fourth-order valence-corrected chi connectivity index (χ4v) is 3.41. The molecule has 2 aromatic rings. The van der Waals surface area contributed by atoms with Crippen LogP contribution in [0, 0.1) is 0 Å². The second-order valence-corrected chi connectivity index (χ2v) is 6.65. The van der Waals surface area contributed by atoms with E-state index in [1.807, 2.05) is 12.1 Å². The molecule has 19 heavy (non-hydrogen) atoms. The van der Waals surface area contributed by atoms with Crippen LogP contribution in [0.5, 0.6) is 0 Å². The van der Waals surface area contributed by atoms with Gasteiger partial charge in [-0.05, 0) is 39.7 Å². The number of halogens is 4. The van der Waals surface area contributed by atoms with Crippen LogP contribution in [0.3, 0.4) is 0 Å². The Morgan fingerprint density at radius 1 is 1.16 bits per heavy atom. The summed E-state index contributed by atoms with van der Waals surface area (Å²) in [6, 6.07) is 8.53. The lowest BCUT2D eigenvalue weighted by Crippen LogP contribution is -2.18. The van der Waals surface area contributed by atoms with Crippen molar-refractivity contribution < 1.29 is 13.2 Å². The molecule has 1 nitrogen and oxygen atoms in total. The van der Waals surface area contributed by atoms with Gasteiger partial charge in [-0.2, -0.15) is 13.2 Å². The van der Waals surface area contributed by atoms with E-state index in [0.717, 1.165) is 14.7 Å². The molecule has 0 aliphatic rings. The lowest BCUT2D eigenvalue weighted by Gasteiger charge is -2.17. The number of thiophene rings is 1. The van der Waals surface area contributed by atoms with Crippen molar-refractivity contribution in [2.75, 3.05) is 0 Å². The van der Waals surface area contributed by atoms with E-state index in [2.05, 4.69) is 15.9 Å². The van der Waals surface area contributed by atoms with Crippen molar-refractivity contribution in [2.45, 2.75) is 18.6 Å². The van der Waals surface area contributed by atoms with Crippen LogP contribution >= 0.6 is 27.3 Å². The molecule has 0 radical (unpaired) electrons. The highest BCUT2D eigenvalue weighted by Crippen LogP contribution is 2.35. The topological polar surface area (TPSA) is 26.0 Å². The van der Waals surface area contributed by atoms with Gasteiger partial charge in [0.1, 0.15) is 0 Å². The Morgan fingerprint density at radius 3 is 2.42 bits per heavy atom. The molecule has 1 unspecified atom stereocenters. The van der Waals surface area contributed by atoms with Gasteiger partial charge in [0.15, 0.2) is 0 Å².